The van der Waals surface area contributed by atoms with Gasteiger partial charge in [-0.3, -0.25) is 0 Å². The van der Waals surface area contributed by atoms with Gasteiger partial charge in [-0.25, -0.2) is 0 Å². The fourth-order valence-corrected chi connectivity index (χ4v) is 1.57. The van der Waals surface area contributed by atoms with Crippen molar-refractivity contribution in [3.05, 3.63) is 29.8 Å². The Labute approximate surface area is 79.4 Å². The topological polar surface area (TPSA) is 9.23 Å². The van der Waals surface area contributed by atoms with Crippen LogP contribution >= 0.6 is 0 Å². The van der Waals surface area contributed by atoms with Crippen molar-refractivity contribution in [1.29, 1.82) is 0 Å². The molecule has 11 heavy (non-hydrogen) atoms. The molecular formula is C8H9BIO-. The molecule has 1 aromatic carbocycles. The number of hydrogen-bond acceptors (Lipinski definition) is 1. The summed E-state index contributed by atoms with van der Waals surface area (Å²) in [7, 11) is 5.44. The van der Waals surface area contributed by atoms with E-state index in [4.69, 9.17) is 10.9 Å². The van der Waals surface area contributed by atoms with E-state index in [2.05, 4.69) is 4.93 Å². The molecule has 0 saturated heterocycles. The maximum absolute atomic E-state index is 5.44. The van der Waals surface area contributed by atoms with Gasteiger partial charge >= 0.3 is 79.4 Å². The Kier molecular flexibility index (Phi) is 3.76. The van der Waals surface area contributed by atoms with Gasteiger partial charge in [0, 0.05) is 0 Å². The molecule has 0 spiro atoms. The average molecular weight is 259 g/mol. The van der Waals surface area contributed by atoms with Gasteiger partial charge in [0.1, 0.15) is 0 Å². The summed E-state index contributed by atoms with van der Waals surface area (Å²) in [6, 6.07) is 7.92. The molecule has 0 bridgehead atoms. The summed E-state index contributed by atoms with van der Waals surface area (Å²) in [5.74, 6) is 0.956. The molecule has 0 unspecified atom stereocenters. The molecule has 2 radical (unpaired) electrons. The van der Waals surface area contributed by atoms with Crippen LogP contribution in [0.4, 0.5) is 0 Å². The molecule has 0 aliphatic rings. The average Bonchev–Trinajstić information content (AvgIpc) is 2.07. The van der Waals surface area contributed by atoms with Crippen LogP contribution < -0.4 is 24.7 Å². The molecule has 0 amide bonds. The first-order chi connectivity index (χ1) is 5.36. The summed E-state index contributed by atoms with van der Waals surface area (Å²) in [4.78, 5) is 2.08. The van der Waals surface area contributed by atoms with E-state index in [1.807, 2.05) is 24.3 Å². The summed E-state index contributed by atoms with van der Waals surface area (Å²) in [5.41, 5.74) is 1.15. The van der Waals surface area contributed by atoms with Crippen LogP contribution in [0.2, 0.25) is 0 Å². The van der Waals surface area contributed by atoms with E-state index in [-0.39, 0.29) is 21.6 Å². The Morgan fingerprint density at radius 2 is 2.00 bits per heavy atom. The van der Waals surface area contributed by atoms with Gasteiger partial charge in [0.15, 0.2) is 0 Å². The molecule has 0 atom stereocenters. The molecule has 0 aliphatic carbocycles. The molecule has 0 fully saturated rings. The van der Waals surface area contributed by atoms with Crippen LogP contribution in [0, 0.1) is 0 Å². The molecule has 1 rings (SSSR count). The Morgan fingerprint density at radius 3 is 2.45 bits per heavy atom. The van der Waals surface area contributed by atoms with Gasteiger partial charge in [0.25, 0.3) is 0 Å². The van der Waals surface area contributed by atoms with Crippen LogP contribution in [0.15, 0.2) is 24.3 Å². The van der Waals surface area contributed by atoms with Crippen LogP contribution in [0.5, 0.6) is 5.75 Å². The predicted octanol–water partition coefficient (Wildman–Crippen LogP) is -1.63. The number of benzene rings is 1. The third-order valence-electron chi connectivity index (χ3n) is 1.33. The summed E-state index contributed by atoms with van der Waals surface area (Å²) >= 11 is -0.117. The van der Waals surface area contributed by atoms with Crippen molar-refractivity contribution in [3.63, 3.8) is 0 Å². The normalized spacial score (nSPS) is 9.91. The summed E-state index contributed by atoms with van der Waals surface area (Å²) in [6.07, 6.45) is 0.599. The third-order valence-corrected chi connectivity index (χ3v) is 2.27. The van der Waals surface area contributed by atoms with E-state index in [0.29, 0.717) is 6.32 Å². The van der Waals surface area contributed by atoms with E-state index in [1.165, 1.54) is 0 Å². The zero-order valence-electron chi connectivity index (χ0n) is 6.38. The minimum atomic E-state index is -0.117. The van der Waals surface area contributed by atoms with Gasteiger partial charge in [-0.05, 0) is 0 Å². The van der Waals surface area contributed by atoms with Crippen molar-refractivity contribution < 1.29 is 24.7 Å². The molecule has 0 N–H and O–H groups in total. The molecule has 58 valence electrons. The SMILES string of the molecule is [B]Cc1ccc(O[I-]C)cc1. The van der Waals surface area contributed by atoms with E-state index in [1.54, 1.807) is 0 Å². The van der Waals surface area contributed by atoms with Crippen LogP contribution in [0.3, 0.4) is 0 Å². The van der Waals surface area contributed by atoms with Crippen LogP contribution in [-0.2, 0) is 6.32 Å². The molecule has 1 nitrogen and oxygen atoms in total. The summed E-state index contributed by atoms with van der Waals surface area (Å²) in [5, 5.41) is 0. The van der Waals surface area contributed by atoms with Crippen molar-refractivity contribution in [2.45, 2.75) is 6.32 Å². The van der Waals surface area contributed by atoms with Gasteiger partial charge in [-0.2, -0.15) is 0 Å². The van der Waals surface area contributed by atoms with E-state index in [0.717, 1.165) is 11.3 Å². The molecule has 0 saturated carbocycles. The van der Waals surface area contributed by atoms with Crippen molar-refractivity contribution in [2.24, 2.45) is 0 Å². The number of alkyl halides is 1. The first-order valence-electron chi connectivity index (χ1n) is 3.32. The van der Waals surface area contributed by atoms with Crippen molar-refractivity contribution in [1.82, 2.24) is 0 Å². The third kappa shape index (κ3) is 2.73. The van der Waals surface area contributed by atoms with E-state index >= 15 is 0 Å². The number of hydrogen-bond donors (Lipinski definition) is 0. The quantitative estimate of drug-likeness (QED) is 0.359. The second-order valence-corrected chi connectivity index (χ2v) is 3.40. The van der Waals surface area contributed by atoms with Crippen LogP contribution in [0.25, 0.3) is 0 Å². The van der Waals surface area contributed by atoms with Crippen LogP contribution in [-0.4, -0.2) is 12.8 Å². The van der Waals surface area contributed by atoms with Gasteiger partial charge < -0.3 is 0 Å². The first-order valence-corrected chi connectivity index (χ1v) is 6.36. The van der Waals surface area contributed by atoms with E-state index < -0.39 is 0 Å². The van der Waals surface area contributed by atoms with Gasteiger partial charge in [0.2, 0.25) is 0 Å². The molecule has 0 aromatic heterocycles. The van der Waals surface area contributed by atoms with Gasteiger partial charge in [-0.1, -0.05) is 0 Å². The fraction of sp³-hybridized carbons (Fsp3) is 0.250. The zero-order chi connectivity index (χ0) is 8.10. The molecule has 0 aliphatic heterocycles. The Bertz CT molecular complexity index is 210. The zero-order valence-corrected chi connectivity index (χ0v) is 8.54. The Morgan fingerprint density at radius 1 is 1.36 bits per heavy atom. The summed E-state index contributed by atoms with van der Waals surface area (Å²) in [6.45, 7) is 0. The molecule has 1 aromatic rings. The van der Waals surface area contributed by atoms with Crippen molar-refractivity contribution in [3.8, 4) is 5.75 Å². The maximum atomic E-state index is 5.44. The molecule has 0 heterocycles. The standard InChI is InChI=1S/C8H9BIO/c1-10-11-8-4-2-7(6-9)3-5-8/h2-5H,6H2,1H3/q-1. The number of rotatable bonds is 3. The van der Waals surface area contributed by atoms with Gasteiger partial charge in [-0.15, -0.1) is 0 Å². The van der Waals surface area contributed by atoms with Crippen LogP contribution in [0.1, 0.15) is 5.56 Å². The monoisotopic (exact) mass is 259 g/mol. The van der Waals surface area contributed by atoms with Crippen molar-refractivity contribution in [2.75, 3.05) is 4.93 Å². The Hall–Kier alpha value is -0.185. The van der Waals surface area contributed by atoms with Crippen molar-refractivity contribution >= 4 is 7.85 Å². The minimum absolute atomic E-state index is 0.117. The molecule has 3 heteroatoms. The van der Waals surface area contributed by atoms with E-state index in [9.17, 15) is 0 Å². The van der Waals surface area contributed by atoms with Gasteiger partial charge in [0.05, 0.1) is 0 Å². The Balaban J connectivity index is 2.66. The predicted molar refractivity (Wildman–Crippen MR) is 42.5 cm³/mol. The number of halogens is 1. The summed E-state index contributed by atoms with van der Waals surface area (Å²) < 4.78 is 5.37. The first kappa shape index (κ1) is 8.91. The second kappa shape index (κ2) is 4.64. The molecular weight excluding hydrogens is 250 g/mol. The second-order valence-electron chi connectivity index (χ2n) is 2.08. The fourth-order valence-electron chi connectivity index (χ4n) is 0.766.